The van der Waals surface area contributed by atoms with Crippen LogP contribution in [0.5, 0.6) is 0 Å². The zero-order chi connectivity index (χ0) is 57.2. The van der Waals surface area contributed by atoms with Crippen LogP contribution in [-0.2, 0) is 0 Å². The molecule has 0 N–H and O–H groups in total. The lowest BCUT2D eigenvalue weighted by Crippen LogP contribution is -1.77. The highest BCUT2D eigenvalue weighted by Crippen LogP contribution is 3.50. The topological polar surface area (TPSA) is 0 Å². The van der Waals surface area contributed by atoms with Crippen molar-refractivity contribution in [1.29, 1.82) is 0 Å². The summed E-state index contributed by atoms with van der Waals surface area (Å²) in [6.45, 7) is -8.61. The third-order valence-corrected chi connectivity index (χ3v) is 494. The Bertz CT molecular complexity index is 1210. The van der Waals surface area contributed by atoms with E-state index < -0.39 is 0 Å². The standard InChI is InChI=1S/B5H74P67/c1-38(2)56(37)65(55(35)36)70(66(57(39(3)4)40(5)6)58(41(7)8)42(9)10)72(69(63(51(27)28)52(29)30)64(53(31)32)54(33)34)71(67(59(43(11)12)44(13)14)60(45(15)16)46(17)18)68(61(47(19)20)48(21)22)62(49(23)24)50(25)26/h1-37H2. The molecule has 0 rings (SSSR count). The van der Waals surface area contributed by atoms with Gasteiger partial charge in [-0.25, -0.2) is 0 Å². The van der Waals surface area contributed by atoms with E-state index in [0.717, 1.165) is 0 Å². The SMILES string of the molecule is BP(B)P(P)P(P(P)P)P(P(P(P(B)B)P(B)P)P(P(P)P)P(P)P)P(P(P(P(P)P)P(P)P)P(P(P)P)P(P)P)P(P(P(P(P)P)P(P)P)P(P(P)P)P(P)P)P(P(P(P)P)P(P)P)P(P(P)P)P(P)P. The van der Waals surface area contributed by atoms with E-state index in [-0.39, 0.29) is 246 Å². The first kappa shape index (κ1) is 101. The molecule has 0 bridgehead atoms. The van der Waals surface area contributed by atoms with Crippen molar-refractivity contribution < 1.29 is 0 Å². The van der Waals surface area contributed by atoms with E-state index in [1.165, 1.54) is 0 Å². The molecule has 0 radical (unpaired) electrons. The van der Waals surface area contributed by atoms with Crippen molar-refractivity contribution in [2.75, 3.05) is 0 Å². The van der Waals surface area contributed by atoms with Gasteiger partial charge in [0.25, 0.3) is 0 Å². The third kappa shape index (κ3) is 35.0. The van der Waals surface area contributed by atoms with Gasteiger partial charge in [-0.1, -0.05) is 7.18 Å². The highest BCUT2D eigenvalue weighted by molar-refractivity contribution is 9.56. The zero-order valence-electron chi connectivity index (χ0n) is 39.1. The number of hydrogen-bond donors (Lipinski definition) is 0. The fourth-order valence-corrected chi connectivity index (χ4v) is 1010. The first-order chi connectivity index (χ1) is 32.7. The van der Waals surface area contributed by atoms with Gasteiger partial charge in [0.15, 0.2) is 0 Å². The minimum atomic E-state index is -0.343. The van der Waals surface area contributed by atoms with Crippen LogP contribution < -0.4 is 0 Å². The molecule has 0 spiro atoms. The summed E-state index contributed by atoms with van der Waals surface area (Å²) in [6, 6.07) is 0. The first-order valence-electron chi connectivity index (χ1n) is 17.3. The molecule has 0 amide bonds. The van der Waals surface area contributed by atoms with Crippen LogP contribution >= 0.6 is 531 Å². The Morgan fingerprint density at radius 1 is 0.139 bits per heavy atom. The van der Waals surface area contributed by atoms with Crippen LogP contribution in [0.15, 0.2) is 0 Å². The Hall–Kier alpha value is 29.1. The average molecular weight is 2200 g/mol. The largest absolute Gasteiger partial charge is 0.154 e. The molecule has 0 aromatic carbocycles. The second-order valence-corrected chi connectivity index (χ2v) is 296. The van der Waals surface area contributed by atoms with Gasteiger partial charge in [-0.2, -0.15) is 14.7 Å². The molecule has 424 valence electrons. The summed E-state index contributed by atoms with van der Waals surface area (Å²) < 4.78 is 0. The smallest absolute Gasteiger partial charge is 0.145 e. The van der Waals surface area contributed by atoms with Crippen LogP contribution in [0.3, 0.4) is 0 Å². The van der Waals surface area contributed by atoms with Crippen molar-refractivity contribution in [3.8, 4) is 0 Å². The minimum absolute atomic E-state index is 0.0972. The zero-order valence-corrected chi connectivity index (χ0v) is 107. The molecule has 0 heterocycles. The summed E-state index contributed by atoms with van der Waals surface area (Å²) in [4.78, 5) is 0. The van der Waals surface area contributed by atoms with Crippen LogP contribution in [0.1, 0.15) is 0 Å². The van der Waals surface area contributed by atoms with Gasteiger partial charge in [0.05, 0.1) is 0 Å². The Labute approximate surface area is 560 Å². The molecular formula is H74B5P67. The lowest BCUT2D eigenvalue weighted by Gasteiger charge is -2.62. The third-order valence-electron chi connectivity index (χ3n) is 6.73. The summed E-state index contributed by atoms with van der Waals surface area (Å²) in [5, 5.41) is 0. The number of rotatable bonds is 34. The quantitative estimate of drug-likeness (QED) is 0.0445. The van der Waals surface area contributed by atoms with E-state index in [9.17, 15) is 0 Å². The molecule has 72 heteroatoms. The molecule has 0 aromatic rings. The van der Waals surface area contributed by atoms with Gasteiger partial charge in [-0.05, 0) is 224 Å². The van der Waals surface area contributed by atoms with E-state index in [0.29, 0.717) is 0 Å². The predicted molar refractivity (Wildman–Crippen MR) is 596 cm³/mol. The highest BCUT2D eigenvalue weighted by atomic mass is 33.6. The minimum Gasteiger partial charge on any atom is -0.154 e. The van der Waals surface area contributed by atoms with Gasteiger partial charge in [0.1, 0.15) is 37.8 Å². The van der Waals surface area contributed by atoms with Gasteiger partial charge >= 0.3 is 0 Å². The summed E-state index contributed by atoms with van der Waals surface area (Å²) >= 11 is 0. The molecule has 0 saturated carbocycles. The Morgan fingerprint density at radius 3 is 0.375 bits per heavy atom. The van der Waals surface area contributed by atoms with E-state index in [4.69, 9.17) is 0 Å². The Kier molecular flexibility index (Phi) is 76.8. The average Bonchev–Trinajstić information content (AvgIpc) is 3.15. The molecule has 0 aromatic heterocycles. The van der Waals surface area contributed by atoms with Crippen molar-refractivity contribution in [3.63, 3.8) is 0 Å². The maximum absolute atomic E-state index is 3.87. The summed E-state index contributed by atoms with van der Waals surface area (Å²) in [5.41, 5.74) is 0. The lowest BCUT2D eigenvalue weighted by molar-refractivity contribution is 4.30. The predicted octanol–water partition coefficient (Wildman–Crippen LogP) is 36.0. The Morgan fingerprint density at radius 2 is 0.264 bits per heavy atom. The molecule has 72 heavy (non-hydrogen) atoms. The van der Waals surface area contributed by atoms with Crippen LogP contribution in [0.25, 0.3) is 0 Å². The molecule has 0 nitrogen and oxygen atoms in total. The molecule has 0 aliphatic heterocycles. The van der Waals surface area contributed by atoms with Crippen LogP contribution in [0, 0.1) is 0 Å². The maximum Gasteiger partial charge on any atom is 0.145 e. The van der Waals surface area contributed by atoms with Crippen LogP contribution in [0.4, 0.5) is 0 Å². The molecule has 0 fully saturated rings. The van der Waals surface area contributed by atoms with E-state index in [1.54, 1.807) is 0 Å². The van der Waals surface area contributed by atoms with Crippen molar-refractivity contribution in [3.05, 3.63) is 0 Å². The second kappa shape index (κ2) is 54.7. The van der Waals surface area contributed by atoms with Crippen LogP contribution in [-0.4, -0.2) is 37.8 Å². The molecular weight excluding hydrogens is 2130 g/mol. The van der Waals surface area contributed by atoms with Crippen molar-refractivity contribution in [2.45, 2.75) is 0 Å². The molecule has 0 saturated heterocycles. The van der Waals surface area contributed by atoms with Crippen molar-refractivity contribution in [2.24, 2.45) is 0 Å². The van der Waals surface area contributed by atoms with Crippen LogP contribution in [0.2, 0.25) is 0 Å². The monoisotopic (exact) mass is 2200 g/mol. The van der Waals surface area contributed by atoms with Gasteiger partial charge in [-0.15, -0.1) is 286 Å². The second-order valence-electron chi connectivity index (χ2n) is 12.6. The first-order valence-corrected chi connectivity index (χ1v) is 142. The molecule has 0 aliphatic carbocycles. The van der Waals surface area contributed by atoms with Gasteiger partial charge in [0, 0.05) is 0 Å². The van der Waals surface area contributed by atoms with E-state index in [2.05, 4.69) is 324 Å². The van der Waals surface area contributed by atoms with Gasteiger partial charge in [-0.3, -0.25) is 0 Å². The Balaban J connectivity index is 11.9. The van der Waals surface area contributed by atoms with E-state index >= 15 is 0 Å². The molecule has 39 unspecified atom stereocenters. The van der Waals surface area contributed by atoms with Gasteiger partial charge in [0.2, 0.25) is 0 Å². The summed E-state index contributed by atoms with van der Waals surface area (Å²) in [7, 11) is 131. The number of hydrogen-bond acceptors (Lipinski definition) is 0. The fourth-order valence-electron chi connectivity index (χ4n) is 4.64. The van der Waals surface area contributed by atoms with Crippen molar-refractivity contribution >= 4 is 569 Å². The highest BCUT2D eigenvalue weighted by Gasteiger charge is 2.63. The molecule has 0 aliphatic rings. The van der Waals surface area contributed by atoms with E-state index in [1.807, 2.05) is 0 Å². The molecule has 39 atom stereocenters. The van der Waals surface area contributed by atoms with Crippen molar-refractivity contribution in [1.82, 2.24) is 0 Å². The normalized spacial score (nSPS) is 17.2. The summed E-state index contributed by atoms with van der Waals surface area (Å²) in [5.74, 6) is 0. The fraction of sp³-hybridized carbons (Fsp3) is 0. The lowest BCUT2D eigenvalue weighted by atomic mass is 10.7. The maximum atomic E-state index is 3.87. The summed E-state index contributed by atoms with van der Waals surface area (Å²) in [6.07, 6.45) is 0. The van der Waals surface area contributed by atoms with Gasteiger partial charge < -0.3 is 0 Å².